The molecule has 0 aliphatic rings. The molecule has 0 aromatic heterocycles. The predicted molar refractivity (Wildman–Crippen MR) is 79.2 cm³/mol. The number of methoxy groups -OCH3 is 1. The quantitative estimate of drug-likeness (QED) is 0.529. The van der Waals surface area contributed by atoms with Crippen LogP contribution in [0, 0.1) is 0 Å². The number of rotatable bonds is 8. The van der Waals surface area contributed by atoms with Crippen molar-refractivity contribution in [2.45, 2.75) is 18.6 Å². The molecule has 0 spiro atoms. The molecule has 2 atom stereocenters. The molecule has 4 N–H and O–H groups in total. The largest absolute Gasteiger partial charge is 0.496 e. The van der Waals surface area contributed by atoms with Crippen molar-refractivity contribution >= 4 is 12.0 Å². The molecule has 0 bridgehead atoms. The minimum Gasteiger partial charge on any atom is -0.496 e. The van der Waals surface area contributed by atoms with Gasteiger partial charge < -0.3 is 25.4 Å². The molecular formula is C15H21NO5. The van der Waals surface area contributed by atoms with E-state index >= 15 is 0 Å². The normalized spacial score (nSPS) is 14.1. The maximum atomic E-state index is 10.6. The summed E-state index contributed by atoms with van der Waals surface area (Å²) in [5.74, 6) is -0.578. The Morgan fingerprint density at radius 2 is 2.14 bits per heavy atom. The van der Waals surface area contributed by atoms with Gasteiger partial charge in [-0.25, -0.2) is 4.79 Å². The van der Waals surface area contributed by atoms with Gasteiger partial charge in [0.05, 0.1) is 13.2 Å². The zero-order valence-corrected chi connectivity index (χ0v) is 12.1. The second-order valence-electron chi connectivity index (χ2n) is 4.58. The number of benzene rings is 1. The lowest BCUT2D eigenvalue weighted by atomic mass is 9.99. The second-order valence-corrected chi connectivity index (χ2v) is 4.58. The summed E-state index contributed by atoms with van der Waals surface area (Å²) in [7, 11) is 3.24. The zero-order valence-electron chi connectivity index (χ0n) is 12.1. The lowest BCUT2D eigenvalue weighted by molar-refractivity contribution is -0.131. The fraction of sp³-hybridized carbons (Fsp3) is 0.400. The van der Waals surface area contributed by atoms with Crippen LogP contribution >= 0.6 is 0 Å². The Hall–Kier alpha value is -1.89. The number of carboxylic acid groups (broad SMARTS) is 1. The monoisotopic (exact) mass is 295 g/mol. The van der Waals surface area contributed by atoms with Crippen molar-refractivity contribution in [3.63, 3.8) is 0 Å². The van der Waals surface area contributed by atoms with Crippen molar-refractivity contribution in [1.29, 1.82) is 0 Å². The molecular weight excluding hydrogens is 274 g/mol. The Kier molecular flexibility index (Phi) is 6.87. The van der Waals surface area contributed by atoms with Crippen molar-refractivity contribution in [3.8, 4) is 5.75 Å². The number of aliphatic hydroxyl groups is 2. The fourth-order valence-electron chi connectivity index (χ4n) is 1.90. The summed E-state index contributed by atoms with van der Waals surface area (Å²) in [6.07, 6.45) is 0.843. The highest BCUT2D eigenvalue weighted by atomic mass is 16.5. The molecule has 1 rings (SSSR count). The molecule has 0 aliphatic heterocycles. The Morgan fingerprint density at radius 3 is 2.71 bits per heavy atom. The Bertz CT molecular complexity index is 501. The number of aliphatic hydroxyl groups excluding tert-OH is 2. The third-order valence-electron chi connectivity index (χ3n) is 3.06. The van der Waals surface area contributed by atoms with Crippen LogP contribution < -0.4 is 10.1 Å². The first-order valence-corrected chi connectivity index (χ1v) is 6.59. The van der Waals surface area contributed by atoms with Gasteiger partial charge in [0, 0.05) is 11.6 Å². The summed E-state index contributed by atoms with van der Waals surface area (Å²) in [6.45, 7) is 0.583. The standard InChI is InChI=1S/C15H21NO5/c1-16-8-7-12(17)15(20)11-3-5-13(21-2)10(9-11)4-6-14(18)19/h3-6,9,12,15-17,20H,7-8H2,1-2H3,(H,18,19)/b6-4+. The SMILES string of the molecule is CNCCC(O)C(O)c1ccc(OC)c(/C=C/C(=O)O)c1. The highest BCUT2D eigenvalue weighted by Gasteiger charge is 2.18. The average molecular weight is 295 g/mol. The third-order valence-corrected chi connectivity index (χ3v) is 3.06. The minimum atomic E-state index is -1.07. The number of hydrogen-bond acceptors (Lipinski definition) is 5. The van der Waals surface area contributed by atoms with Crippen LogP contribution in [0.5, 0.6) is 5.75 Å². The van der Waals surface area contributed by atoms with Gasteiger partial charge in [0.2, 0.25) is 0 Å². The van der Waals surface area contributed by atoms with Crippen molar-refractivity contribution < 1.29 is 24.9 Å². The van der Waals surface area contributed by atoms with Crippen LogP contribution in [0.1, 0.15) is 23.7 Å². The maximum Gasteiger partial charge on any atom is 0.328 e. The number of aliphatic carboxylic acids is 1. The van der Waals surface area contributed by atoms with E-state index in [0.717, 1.165) is 6.08 Å². The van der Waals surface area contributed by atoms with E-state index in [2.05, 4.69) is 5.32 Å². The smallest absolute Gasteiger partial charge is 0.328 e. The van der Waals surface area contributed by atoms with E-state index < -0.39 is 18.2 Å². The van der Waals surface area contributed by atoms with E-state index in [4.69, 9.17) is 9.84 Å². The molecule has 0 radical (unpaired) electrons. The molecule has 0 fully saturated rings. The van der Waals surface area contributed by atoms with Gasteiger partial charge in [0.25, 0.3) is 0 Å². The molecule has 1 aromatic carbocycles. The van der Waals surface area contributed by atoms with E-state index in [0.29, 0.717) is 29.8 Å². The number of hydrogen-bond donors (Lipinski definition) is 4. The second kappa shape index (κ2) is 8.41. The first-order chi connectivity index (χ1) is 9.99. The summed E-state index contributed by atoms with van der Waals surface area (Å²) < 4.78 is 5.14. The minimum absolute atomic E-state index is 0.407. The van der Waals surface area contributed by atoms with Gasteiger partial charge in [-0.3, -0.25) is 0 Å². The zero-order chi connectivity index (χ0) is 15.8. The number of nitrogens with one attached hydrogen (secondary N) is 1. The van der Waals surface area contributed by atoms with Crippen LogP contribution in [-0.4, -0.2) is 48.1 Å². The fourth-order valence-corrected chi connectivity index (χ4v) is 1.90. The van der Waals surface area contributed by atoms with E-state index in [-0.39, 0.29) is 0 Å². The number of ether oxygens (including phenoxy) is 1. The van der Waals surface area contributed by atoms with Crippen LogP contribution in [0.25, 0.3) is 6.08 Å². The van der Waals surface area contributed by atoms with E-state index in [1.54, 1.807) is 25.2 Å². The van der Waals surface area contributed by atoms with E-state index in [1.807, 2.05) is 0 Å². The molecule has 0 heterocycles. The first-order valence-electron chi connectivity index (χ1n) is 6.59. The van der Waals surface area contributed by atoms with Crippen LogP contribution in [0.4, 0.5) is 0 Å². The summed E-state index contributed by atoms with van der Waals surface area (Å²) in [6, 6.07) is 4.88. The first kappa shape index (κ1) is 17.2. The average Bonchev–Trinajstić information content (AvgIpc) is 2.49. The van der Waals surface area contributed by atoms with Gasteiger partial charge >= 0.3 is 5.97 Å². The van der Waals surface area contributed by atoms with Crippen molar-refractivity contribution in [2.24, 2.45) is 0 Å². The van der Waals surface area contributed by atoms with Crippen molar-refractivity contribution in [2.75, 3.05) is 20.7 Å². The highest BCUT2D eigenvalue weighted by Crippen LogP contribution is 2.26. The molecule has 0 amide bonds. The summed E-state index contributed by atoms with van der Waals surface area (Å²) in [5, 5.41) is 31.6. The summed E-state index contributed by atoms with van der Waals surface area (Å²) in [4.78, 5) is 10.6. The van der Waals surface area contributed by atoms with Crippen LogP contribution in [0.2, 0.25) is 0 Å². The van der Waals surface area contributed by atoms with Crippen LogP contribution in [0.15, 0.2) is 24.3 Å². The number of carbonyl (C=O) groups is 1. The Balaban J connectivity index is 2.98. The molecule has 6 heteroatoms. The predicted octanol–water partition coefficient (Wildman–Crippen LogP) is 0.797. The summed E-state index contributed by atoms with van der Waals surface area (Å²) in [5.41, 5.74) is 1.03. The van der Waals surface area contributed by atoms with Gasteiger partial charge in [0.15, 0.2) is 0 Å². The molecule has 2 unspecified atom stereocenters. The lowest BCUT2D eigenvalue weighted by Crippen LogP contribution is -2.23. The lowest BCUT2D eigenvalue weighted by Gasteiger charge is -2.19. The van der Waals surface area contributed by atoms with Crippen LogP contribution in [0.3, 0.4) is 0 Å². The van der Waals surface area contributed by atoms with Crippen molar-refractivity contribution in [3.05, 3.63) is 35.4 Å². The van der Waals surface area contributed by atoms with Crippen molar-refractivity contribution in [1.82, 2.24) is 5.32 Å². The van der Waals surface area contributed by atoms with E-state index in [1.165, 1.54) is 13.2 Å². The molecule has 21 heavy (non-hydrogen) atoms. The molecule has 6 nitrogen and oxygen atoms in total. The Labute approximate surface area is 123 Å². The van der Waals surface area contributed by atoms with Gasteiger partial charge in [-0.05, 0) is 43.8 Å². The van der Waals surface area contributed by atoms with Gasteiger partial charge in [-0.2, -0.15) is 0 Å². The molecule has 0 aliphatic carbocycles. The molecule has 1 aromatic rings. The van der Waals surface area contributed by atoms with Gasteiger partial charge in [0.1, 0.15) is 11.9 Å². The molecule has 0 saturated heterocycles. The summed E-state index contributed by atoms with van der Waals surface area (Å²) >= 11 is 0. The Morgan fingerprint density at radius 1 is 1.43 bits per heavy atom. The molecule has 0 saturated carbocycles. The topological polar surface area (TPSA) is 99.0 Å². The maximum absolute atomic E-state index is 10.6. The molecule has 116 valence electrons. The number of carboxylic acids is 1. The highest BCUT2D eigenvalue weighted by molar-refractivity contribution is 5.86. The third kappa shape index (κ3) is 5.18. The van der Waals surface area contributed by atoms with E-state index in [9.17, 15) is 15.0 Å². The van der Waals surface area contributed by atoms with Gasteiger partial charge in [-0.1, -0.05) is 6.07 Å². The van der Waals surface area contributed by atoms with Crippen LogP contribution in [-0.2, 0) is 4.79 Å². The van der Waals surface area contributed by atoms with Gasteiger partial charge in [-0.15, -0.1) is 0 Å².